The van der Waals surface area contributed by atoms with Gasteiger partial charge in [-0.25, -0.2) is 9.59 Å². The van der Waals surface area contributed by atoms with Crippen molar-refractivity contribution in [1.29, 1.82) is 0 Å². The molecule has 3 rings (SSSR count). The van der Waals surface area contributed by atoms with Crippen LogP contribution in [0.3, 0.4) is 0 Å². The zero-order valence-corrected chi connectivity index (χ0v) is 16.3. The van der Waals surface area contributed by atoms with E-state index in [2.05, 4.69) is 10.6 Å². The number of hydrogen-bond donors (Lipinski definition) is 2. The first kappa shape index (κ1) is 21.7. The number of halogens is 3. The van der Waals surface area contributed by atoms with Crippen LogP contribution in [0, 0.1) is 11.8 Å². The molecule has 0 spiro atoms. The average molecular weight is 426 g/mol. The molecule has 0 saturated carbocycles. The van der Waals surface area contributed by atoms with Crippen LogP contribution < -0.4 is 10.6 Å². The summed E-state index contributed by atoms with van der Waals surface area (Å²) in [7, 11) is 2.73. The molecular formula is C20H21F3N2O5. The third-order valence-corrected chi connectivity index (χ3v) is 5.10. The van der Waals surface area contributed by atoms with Gasteiger partial charge in [0.2, 0.25) is 6.29 Å². The van der Waals surface area contributed by atoms with Crippen molar-refractivity contribution in [1.82, 2.24) is 5.32 Å². The highest BCUT2D eigenvalue weighted by Crippen LogP contribution is 2.43. The summed E-state index contributed by atoms with van der Waals surface area (Å²) < 4.78 is 54.8. The third kappa shape index (κ3) is 4.43. The van der Waals surface area contributed by atoms with Crippen molar-refractivity contribution in [3.05, 3.63) is 53.3 Å². The normalized spacial score (nSPS) is 22.9. The van der Waals surface area contributed by atoms with Gasteiger partial charge in [-0.3, -0.25) is 0 Å². The Morgan fingerprint density at radius 3 is 2.63 bits per heavy atom. The Morgan fingerprint density at radius 2 is 1.97 bits per heavy atom. The number of hydrogen-bond acceptors (Lipinski definition) is 5. The summed E-state index contributed by atoms with van der Waals surface area (Å²) in [6.45, 7) is 0.0544. The zero-order chi connectivity index (χ0) is 21.9. The van der Waals surface area contributed by atoms with Crippen LogP contribution in [-0.2, 0) is 25.2 Å². The Kier molecular flexibility index (Phi) is 6.35. The van der Waals surface area contributed by atoms with E-state index in [-0.39, 0.29) is 24.1 Å². The number of carbonyl (C=O) groups is 2. The molecule has 10 heteroatoms. The Labute approximate surface area is 170 Å². The number of rotatable bonds is 5. The lowest BCUT2D eigenvalue weighted by Gasteiger charge is -2.34. The molecule has 1 aliphatic carbocycles. The standard InChI is InChI=1S/C20H21F3N2O5/c1-28-17(26)13-10-30-18(29-2)16-11(7-8-12(13)16)9-24-19(27)25-15-6-4-3-5-14(15)20(21,22)23/h3-7,10,12,16,18H,8-9H2,1-2H3,(H2,24,25,27)/t12-,16-,18-/m1/s1. The van der Waals surface area contributed by atoms with E-state index >= 15 is 0 Å². The molecule has 0 radical (unpaired) electrons. The van der Waals surface area contributed by atoms with Gasteiger partial charge in [0.05, 0.1) is 36.1 Å². The molecule has 2 aliphatic rings. The number of benzene rings is 1. The highest BCUT2D eigenvalue weighted by Gasteiger charge is 2.44. The van der Waals surface area contributed by atoms with Crippen molar-refractivity contribution in [2.75, 3.05) is 26.1 Å². The number of carbonyl (C=O) groups excluding carboxylic acids is 2. The topological polar surface area (TPSA) is 85.9 Å². The number of esters is 1. The van der Waals surface area contributed by atoms with Crippen LogP contribution >= 0.6 is 0 Å². The second kappa shape index (κ2) is 8.78. The predicted octanol–water partition coefficient (Wildman–Crippen LogP) is 3.45. The van der Waals surface area contributed by atoms with E-state index in [1.165, 1.54) is 38.7 Å². The summed E-state index contributed by atoms with van der Waals surface area (Å²) in [5.74, 6) is -1.08. The average Bonchev–Trinajstić information content (AvgIpc) is 3.15. The maximum Gasteiger partial charge on any atom is 0.418 e. The van der Waals surface area contributed by atoms with E-state index in [1.54, 1.807) is 0 Å². The predicted molar refractivity (Wildman–Crippen MR) is 100 cm³/mol. The van der Waals surface area contributed by atoms with Crippen molar-refractivity contribution in [3.8, 4) is 0 Å². The van der Waals surface area contributed by atoms with Gasteiger partial charge < -0.3 is 24.8 Å². The van der Waals surface area contributed by atoms with Crippen LogP contribution in [0.2, 0.25) is 0 Å². The smallest absolute Gasteiger partial charge is 0.418 e. The van der Waals surface area contributed by atoms with Gasteiger partial charge in [-0.2, -0.15) is 13.2 Å². The molecular weight excluding hydrogens is 405 g/mol. The minimum Gasteiger partial charge on any atom is -0.471 e. The summed E-state index contributed by atoms with van der Waals surface area (Å²) >= 11 is 0. The fourth-order valence-electron chi connectivity index (χ4n) is 3.71. The Bertz CT molecular complexity index is 881. The van der Waals surface area contributed by atoms with Crippen molar-refractivity contribution >= 4 is 17.7 Å². The molecule has 3 atom stereocenters. The molecule has 162 valence electrons. The van der Waals surface area contributed by atoms with Gasteiger partial charge >= 0.3 is 18.2 Å². The number of anilines is 1. The van der Waals surface area contributed by atoms with Crippen LogP contribution in [0.4, 0.5) is 23.7 Å². The lowest BCUT2D eigenvalue weighted by atomic mass is 9.83. The van der Waals surface area contributed by atoms with E-state index in [1.807, 2.05) is 6.08 Å². The summed E-state index contributed by atoms with van der Waals surface area (Å²) in [4.78, 5) is 24.2. The number of allylic oxidation sites excluding steroid dienone is 1. The molecule has 0 unspecified atom stereocenters. The molecule has 30 heavy (non-hydrogen) atoms. The van der Waals surface area contributed by atoms with Gasteiger partial charge in [0.25, 0.3) is 0 Å². The highest BCUT2D eigenvalue weighted by atomic mass is 19.4. The first-order valence-electron chi connectivity index (χ1n) is 9.13. The van der Waals surface area contributed by atoms with Gasteiger partial charge in [0.15, 0.2) is 0 Å². The molecule has 1 heterocycles. The molecule has 2 amide bonds. The van der Waals surface area contributed by atoms with Gasteiger partial charge in [-0.15, -0.1) is 0 Å². The molecule has 0 saturated heterocycles. The molecule has 1 aromatic carbocycles. The van der Waals surface area contributed by atoms with E-state index in [9.17, 15) is 22.8 Å². The number of nitrogens with one attached hydrogen (secondary N) is 2. The highest BCUT2D eigenvalue weighted by molar-refractivity contribution is 5.90. The number of alkyl halides is 3. The molecule has 0 aromatic heterocycles. The second-order valence-electron chi connectivity index (χ2n) is 6.80. The van der Waals surface area contributed by atoms with Gasteiger partial charge in [-0.1, -0.05) is 18.2 Å². The molecule has 7 nitrogen and oxygen atoms in total. The van der Waals surface area contributed by atoms with E-state index in [4.69, 9.17) is 14.2 Å². The van der Waals surface area contributed by atoms with Gasteiger partial charge in [0.1, 0.15) is 0 Å². The van der Waals surface area contributed by atoms with E-state index in [0.717, 1.165) is 11.6 Å². The van der Waals surface area contributed by atoms with Crippen LogP contribution in [0.1, 0.15) is 12.0 Å². The maximum atomic E-state index is 13.1. The minimum absolute atomic E-state index is 0.0544. The summed E-state index contributed by atoms with van der Waals surface area (Å²) in [5.41, 5.74) is -0.160. The van der Waals surface area contributed by atoms with E-state index < -0.39 is 30.0 Å². The van der Waals surface area contributed by atoms with Crippen molar-refractivity contribution < 1.29 is 37.0 Å². The van der Waals surface area contributed by atoms with Crippen LogP contribution in [-0.4, -0.2) is 39.1 Å². The van der Waals surface area contributed by atoms with Crippen LogP contribution in [0.15, 0.2) is 47.7 Å². The summed E-state index contributed by atoms with van der Waals surface area (Å²) in [6.07, 6.45) is -1.55. The molecule has 0 bridgehead atoms. The van der Waals surface area contributed by atoms with Crippen molar-refractivity contribution in [2.24, 2.45) is 11.8 Å². The maximum absolute atomic E-state index is 13.1. The Hall–Kier alpha value is -3.01. The number of urea groups is 1. The van der Waals surface area contributed by atoms with Crippen LogP contribution in [0.5, 0.6) is 0 Å². The molecule has 1 aromatic rings. The first-order valence-corrected chi connectivity index (χ1v) is 9.13. The number of para-hydroxylation sites is 1. The lowest BCUT2D eigenvalue weighted by molar-refractivity contribution is -0.146. The van der Waals surface area contributed by atoms with E-state index in [0.29, 0.717) is 12.0 Å². The Morgan fingerprint density at radius 1 is 1.23 bits per heavy atom. The fourth-order valence-corrected chi connectivity index (χ4v) is 3.71. The zero-order valence-electron chi connectivity index (χ0n) is 16.3. The SMILES string of the molecule is COC(=O)C1=CO[C@@H](OC)[C@@H]2C(CNC(=O)Nc3ccccc3C(F)(F)F)=CC[C@H]12. The monoisotopic (exact) mass is 426 g/mol. The van der Waals surface area contributed by atoms with Crippen molar-refractivity contribution in [2.45, 2.75) is 18.9 Å². The first-order chi connectivity index (χ1) is 14.3. The molecule has 2 N–H and O–H groups in total. The molecule has 1 aliphatic heterocycles. The molecule has 0 fully saturated rings. The van der Waals surface area contributed by atoms with Crippen LogP contribution in [0.25, 0.3) is 0 Å². The minimum atomic E-state index is -4.59. The quantitative estimate of drug-likeness (QED) is 0.557. The Balaban J connectivity index is 1.66. The summed E-state index contributed by atoms with van der Waals surface area (Å²) in [5, 5.41) is 4.78. The van der Waals surface area contributed by atoms with Gasteiger partial charge in [0, 0.05) is 19.6 Å². The summed E-state index contributed by atoms with van der Waals surface area (Å²) in [6, 6.07) is 3.93. The van der Waals surface area contributed by atoms with Gasteiger partial charge in [-0.05, 0) is 24.1 Å². The third-order valence-electron chi connectivity index (χ3n) is 5.10. The number of ether oxygens (including phenoxy) is 3. The number of amides is 2. The fraction of sp³-hybridized carbons (Fsp3) is 0.400. The largest absolute Gasteiger partial charge is 0.471 e. The lowest BCUT2D eigenvalue weighted by Crippen LogP contribution is -2.39. The van der Waals surface area contributed by atoms with Crippen molar-refractivity contribution in [3.63, 3.8) is 0 Å². The number of methoxy groups -OCH3 is 2. The number of fused-ring (bicyclic) bond motifs is 1. The second-order valence-corrected chi connectivity index (χ2v) is 6.80.